The number of rotatable bonds is 7. The average Bonchev–Trinajstić information content (AvgIpc) is 2.94. The molecule has 1 saturated heterocycles. The lowest BCUT2D eigenvalue weighted by Crippen LogP contribution is -2.34. The lowest BCUT2D eigenvalue weighted by Gasteiger charge is -2.16. The maximum Gasteiger partial charge on any atom is 0.335 e. The number of carbonyl (C=O) groups is 3. The number of benzene rings is 2. The van der Waals surface area contributed by atoms with Crippen molar-refractivity contribution in [2.45, 2.75) is 25.8 Å². The lowest BCUT2D eigenvalue weighted by molar-refractivity contribution is -0.121. The molecule has 0 aromatic heterocycles. The molecule has 140 valence electrons. The molecular formula is C20H20N2O5. The van der Waals surface area contributed by atoms with Crippen LogP contribution >= 0.6 is 0 Å². The molecule has 0 bridgehead atoms. The van der Waals surface area contributed by atoms with Crippen LogP contribution in [-0.2, 0) is 9.59 Å². The fraction of sp³-hybridized carbons (Fsp3) is 0.250. The van der Waals surface area contributed by atoms with Crippen LogP contribution in [0.5, 0.6) is 5.75 Å². The van der Waals surface area contributed by atoms with Gasteiger partial charge in [0.1, 0.15) is 11.8 Å². The van der Waals surface area contributed by atoms with E-state index in [1.54, 1.807) is 36.4 Å². The number of nitrogens with zero attached hydrogens (tertiary/aromatic N) is 1. The molecule has 2 N–H and O–H groups in total. The van der Waals surface area contributed by atoms with Gasteiger partial charge in [0, 0.05) is 5.69 Å². The van der Waals surface area contributed by atoms with Crippen LogP contribution in [0.3, 0.4) is 0 Å². The van der Waals surface area contributed by atoms with Gasteiger partial charge in [0.05, 0.1) is 24.3 Å². The summed E-state index contributed by atoms with van der Waals surface area (Å²) in [4.78, 5) is 37.1. The van der Waals surface area contributed by atoms with Gasteiger partial charge in [0.15, 0.2) is 0 Å². The first-order valence-electron chi connectivity index (χ1n) is 8.69. The van der Waals surface area contributed by atoms with Gasteiger partial charge in [-0.1, -0.05) is 6.92 Å². The van der Waals surface area contributed by atoms with E-state index in [1.165, 1.54) is 12.1 Å². The van der Waals surface area contributed by atoms with E-state index >= 15 is 0 Å². The third-order valence-electron chi connectivity index (χ3n) is 4.19. The predicted molar refractivity (Wildman–Crippen MR) is 100 cm³/mol. The molecule has 1 aliphatic rings. The van der Waals surface area contributed by atoms with Gasteiger partial charge in [-0.2, -0.15) is 0 Å². The Hall–Kier alpha value is -3.35. The van der Waals surface area contributed by atoms with Crippen molar-refractivity contribution >= 4 is 29.2 Å². The molecule has 2 aromatic rings. The van der Waals surface area contributed by atoms with E-state index < -0.39 is 12.0 Å². The summed E-state index contributed by atoms with van der Waals surface area (Å²) in [6.45, 7) is 2.62. The van der Waals surface area contributed by atoms with Crippen molar-refractivity contribution < 1.29 is 24.2 Å². The summed E-state index contributed by atoms with van der Waals surface area (Å²) in [6, 6.07) is 12.2. The number of aromatic carboxylic acids is 1. The van der Waals surface area contributed by atoms with Gasteiger partial charge in [0.25, 0.3) is 5.91 Å². The quantitative estimate of drug-likeness (QED) is 0.730. The normalized spacial score (nSPS) is 16.5. The van der Waals surface area contributed by atoms with Crippen molar-refractivity contribution in [1.82, 2.24) is 0 Å². The smallest absolute Gasteiger partial charge is 0.335 e. The number of carboxylic acids is 1. The molecule has 1 aliphatic heterocycles. The molecule has 7 nitrogen and oxygen atoms in total. The standard InChI is InChI=1S/C20H20N2O5/c1-2-11-27-16-9-7-15(8-10-16)22-18(23)12-17(19(22)24)21-14-5-3-13(4-6-14)20(25)26/h3-10,17,21H,2,11-12H2,1H3,(H,25,26)/t17-/m0/s1. The fourth-order valence-corrected chi connectivity index (χ4v) is 2.84. The molecule has 0 unspecified atom stereocenters. The Morgan fingerprint density at radius 3 is 2.41 bits per heavy atom. The summed E-state index contributed by atoms with van der Waals surface area (Å²) in [5, 5.41) is 11.9. The Kier molecular flexibility index (Phi) is 5.40. The number of hydrogen-bond donors (Lipinski definition) is 2. The Morgan fingerprint density at radius 2 is 1.81 bits per heavy atom. The minimum absolute atomic E-state index is 0.0353. The topological polar surface area (TPSA) is 95.9 Å². The monoisotopic (exact) mass is 368 g/mol. The van der Waals surface area contributed by atoms with E-state index in [1.807, 2.05) is 6.92 Å². The van der Waals surface area contributed by atoms with Crippen molar-refractivity contribution in [3.05, 3.63) is 54.1 Å². The maximum absolute atomic E-state index is 12.7. The van der Waals surface area contributed by atoms with E-state index in [-0.39, 0.29) is 23.8 Å². The van der Waals surface area contributed by atoms with Crippen molar-refractivity contribution in [3.8, 4) is 5.75 Å². The molecule has 2 amide bonds. The van der Waals surface area contributed by atoms with Crippen LogP contribution in [0.1, 0.15) is 30.1 Å². The van der Waals surface area contributed by atoms with Crippen LogP contribution in [0.2, 0.25) is 0 Å². The third kappa shape index (κ3) is 4.08. The highest BCUT2D eigenvalue weighted by Gasteiger charge is 2.39. The van der Waals surface area contributed by atoms with Crippen LogP contribution in [0.4, 0.5) is 11.4 Å². The van der Waals surface area contributed by atoms with Crippen LogP contribution < -0.4 is 15.0 Å². The lowest BCUT2D eigenvalue weighted by atomic mass is 10.2. The van der Waals surface area contributed by atoms with E-state index in [0.717, 1.165) is 11.3 Å². The van der Waals surface area contributed by atoms with Gasteiger partial charge in [-0.15, -0.1) is 0 Å². The molecule has 1 heterocycles. The zero-order chi connectivity index (χ0) is 19.4. The van der Waals surface area contributed by atoms with Gasteiger partial charge in [-0.3, -0.25) is 9.59 Å². The van der Waals surface area contributed by atoms with Crippen molar-refractivity contribution in [2.24, 2.45) is 0 Å². The Balaban J connectivity index is 1.70. The summed E-state index contributed by atoms with van der Waals surface area (Å²) < 4.78 is 5.51. The van der Waals surface area contributed by atoms with Crippen LogP contribution in [0.25, 0.3) is 0 Å². The average molecular weight is 368 g/mol. The molecule has 3 rings (SSSR count). The number of imide groups is 1. The number of nitrogens with one attached hydrogen (secondary N) is 1. The molecule has 2 aromatic carbocycles. The first kappa shape index (κ1) is 18.4. The van der Waals surface area contributed by atoms with Crippen LogP contribution in [-0.4, -0.2) is 35.5 Å². The largest absolute Gasteiger partial charge is 0.494 e. The fourth-order valence-electron chi connectivity index (χ4n) is 2.84. The van der Waals surface area contributed by atoms with Crippen molar-refractivity contribution in [2.75, 3.05) is 16.8 Å². The first-order chi connectivity index (χ1) is 13.0. The molecule has 0 saturated carbocycles. The molecule has 0 aliphatic carbocycles. The Labute approximate surface area is 156 Å². The molecule has 0 spiro atoms. The number of ether oxygens (including phenoxy) is 1. The summed E-state index contributed by atoms with van der Waals surface area (Å²) in [5.74, 6) is -0.967. The van der Waals surface area contributed by atoms with Gasteiger partial charge in [-0.25, -0.2) is 9.69 Å². The van der Waals surface area contributed by atoms with Crippen molar-refractivity contribution in [1.29, 1.82) is 0 Å². The number of carboxylic acid groups (broad SMARTS) is 1. The van der Waals surface area contributed by atoms with E-state index in [0.29, 0.717) is 23.7 Å². The Morgan fingerprint density at radius 1 is 1.15 bits per heavy atom. The highest BCUT2D eigenvalue weighted by molar-refractivity contribution is 6.23. The zero-order valence-electron chi connectivity index (χ0n) is 14.8. The van der Waals surface area contributed by atoms with E-state index in [4.69, 9.17) is 9.84 Å². The molecule has 1 atom stereocenters. The molecule has 1 fully saturated rings. The van der Waals surface area contributed by atoms with E-state index in [2.05, 4.69) is 5.32 Å². The number of hydrogen-bond acceptors (Lipinski definition) is 5. The summed E-state index contributed by atoms with van der Waals surface area (Å²) in [5.41, 5.74) is 1.23. The number of carbonyl (C=O) groups excluding carboxylic acids is 2. The second-order valence-corrected chi connectivity index (χ2v) is 6.19. The number of anilines is 2. The van der Waals surface area contributed by atoms with Crippen molar-refractivity contribution in [3.63, 3.8) is 0 Å². The van der Waals surface area contributed by atoms with E-state index in [9.17, 15) is 14.4 Å². The minimum Gasteiger partial charge on any atom is -0.494 e. The SMILES string of the molecule is CCCOc1ccc(N2C(=O)C[C@H](Nc3ccc(C(=O)O)cc3)C2=O)cc1. The van der Waals surface area contributed by atoms with Crippen LogP contribution in [0, 0.1) is 0 Å². The van der Waals surface area contributed by atoms with Gasteiger partial charge < -0.3 is 15.2 Å². The van der Waals surface area contributed by atoms with Gasteiger partial charge in [-0.05, 0) is 55.0 Å². The molecule has 27 heavy (non-hydrogen) atoms. The summed E-state index contributed by atoms with van der Waals surface area (Å²) >= 11 is 0. The maximum atomic E-state index is 12.7. The number of amides is 2. The third-order valence-corrected chi connectivity index (χ3v) is 4.19. The zero-order valence-corrected chi connectivity index (χ0v) is 14.8. The van der Waals surface area contributed by atoms with Gasteiger partial charge in [0.2, 0.25) is 5.91 Å². The first-order valence-corrected chi connectivity index (χ1v) is 8.69. The molecule has 7 heteroatoms. The summed E-state index contributed by atoms with van der Waals surface area (Å²) in [7, 11) is 0. The highest BCUT2D eigenvalue weighted by Crippen LogP contribution is 2.27. The highest BCUT2D eigenvalue weighted by atomic mass is 16.5. The second-order valence-electron chi connectivity index (χ2n) is 6.19. The Bertz CT molecular complexity index is 846. The second kappa shape index (κ2) is 7.90. The molecular weight excluding hydrogens is 348 g/mol. The van der Waals surface area contributed by atoms with Gasteiger partial charge >= 0.3 is 5.97 Å². The predicted octanol–water partition coefficient (Wildman–Crippen LogP) is 2.92. The summed E-state index contributed by atoms with van der Waals surface area (Å²) in [6.07, 6.45) is 0.930. The minimum atomic E-state index is -1.02. The molecule has 0 radical (unpaired) electrons. The van der Waals surface area contributed by atoms with Crippen LogP contribution in [0.15, 0.2) is 48.5 Å².